The first-order valence-electron chi connectivity index (χ1n) is 6.56. The van der Waals surface area contributed by atoms with Crippen LogP contribution >= 0.6 is 0 Å². The van der Waals surface area contributed by atoms with Gasteiger partial charge in [0, 0.05) is 0 Å². The smallest absolute Gasteiger partial charge is 0.335 e. The van der Waals surface area contributed by atoms with Crippen LogP contribution in [0.25, 0.3) is 0 Å². The molecule has 0 radical (unpaired) electrons. The van der Waals surface area contributed by atoms with Gasteiger partial charge in [-0.1, -0.05) is 30.3 Å². The molecular weight excluding hydrogens is 284 g/mol. The molecule has 6 heteroatoms. The number of nitrogen functional groups attached to an aromatic ring is 1. The summed E-state index contributed by atoms with van der Waals surface area (Å²) in [6.45, 7) is 0. The zero-order chi connectivity index (χ0) is 16.1. The average molecular weight is 300 g/mol. The number of aromatic carboxylic acids is 1. The molecule has 2 aromatic carbocycles. The number of hydrazine groups is 1. The second kappa shape index (κ2) is 6.73. The highest BCUT2D eigenvalue weighted by Crippen LogP contribution is 2.25. The summed E-state index contributed by atoms with van der Waals surface area (Å²) in [5.74, 6) is 4.10. The minimum atomic E-state index is -1.01. The molecule has 1 amide bonds. The number of carboxylic acid groups (broad SMARTS) is 1. The molecular formula is C16H16N2O4. The number of hydrogen-bond donors (Lipinski definition) is 3. The Kier molecular flexibility index (Phi) is 4.75. The Balaban J connectivity index is 2.51. The Labute approximate surface area is 127 Å². The summed E-state index contributed by atoms with van der Waals surface area (Å²) in [5, 5.41) is 9.25. The Morgan fingerprint density at radius 1 is 1.14 bits per heavy atom. The van der Waals surface area contributed by atoms with E-state index in [9.17, 15) is 14.7 Å². The minimum absolute atomic E-state index is 0.199. The first-order valence-corrected chi connectivity index (χ1v) is 6.56. The fourth-order valence-corrected chi connectivity index (χ4v) is 2.31. The number of methoxy groups -OCH3 is 1. The second-order valence-electron chi connectivity index (χ2n) is 4.61. The number of carboxylic acids is 1. The van der Waals surface area contributed by atoms with Crippen molar-refractivity contribution in [2.75, 3.05) is 7.11 Å². The van der Waals surface area contributed by atoms with Crippen molar-refractivity contribution in [3.63, 3.8) is 0 Å². The zero-order valence-electron chi connectivity index (χ0n) is 12.0. The fourth-order valence-electron chi connectivity index (χ4n) is 2.31. The first kappa shape index (κ1) is 15.5. The van der Waals surface area contributed by atoms with Crippen molar-refractivity contribution >= 4 is 11.9 Å². The maximum absolute atomic E-state index is 12.0. The van der Waals surface area contributed by atoms with Gasteiger partial charge in [0.2, 0.25) is 0 Å². The van der Waals surface area contributed by atoms with Crippen molar-refractivity contribution in [2.24, 2.45) is 5.84 Å². The number of ether oxygens (including phenoxy) is 1. The van der Waals surface area contributed by atoms with E-state index < -0.39 is 11.9 Å². The number of carbonyl (C=O) groups excluding carboxylic acids is 1. The molecule has 114 valence electrons. The van der Waals surface area contributed by atoms with Gasteiger partial charge in [-0.2, -0.15) is 0 Å². The summed E-state index contributed by atoms with van der Waals surface area (Å²) in [5.41, 5.74) is 3.82. The van der Waals surface area contributed by atoms with Gasteiger partial charge >= 0.3 is 5.97 Å². The molecule has 2 aromatic rings. The molecule has 22 heavy (non-hydrogen) atoms. The summed E-state index contributed by atoms with van der Waals surface area (Å²) >= 11 is 0. The summed E-state index contributed by atoms with van der Waals surface area (Å²) in [6, 6.07) is 11.8. The van der Waals surface area contributed by atoms with Crippen LogP contribution in [0.2, 0.25) is 0 Å². The molecule has 0 aliphatic rings. The van der Waals surface area contributed by atoms with Gasteiger partial charge in [0.1, 0.15) is 5.75 Å². The van der Waals surface area contributed by atoms with Gasteiger partial charge in [-0.15, -0.1) is 0 Å². The lowest BCUT2D eigenvalue weighted by Gasteiger charge is -2.13. The maximum Gasteiger partial charge on any atom is 0.335 e. The molecule has 0 saturated carbocycles. The third kappa shape index (κ3) is 3.07. The normalized spacial score (nSPS) is 10.1. The third-order valence-electron chi connectivity index (χ3n) is 3.32. The Hall–Kier alpha value is -2.86. The molecule has 0 fully saturated rings. The van der Waals surface area contributed by atoms with Crippen molar-refractivity contribution in [2.45, 2.75) is 6.42 Å². The van der Waals surface area contributed by atoms with E-state index in [0.717, 1.165) is 0 Å². The largest absolute Gasteiger partial charge is 0.496 e. The van der Waals surface area contributed by atoms with E-state index in [4.69, 9.17) is 10.6 Å². The van der Waals surface area contributed by atoms with Gasteiger partial charge < -0.3 is 9.84 Å². The van der Waals surface area contributed by atoms with E-state index in [2.05, 4.69) is 5.43 Å². The monoisotopic (exact) mass is 300 g/mol. The zero-order valence-corrected chi connectivity index (χ0v) is 12.0. The molecule has 0 heterocycles. The lowest BCUT2D eigenvalue weighted by atomic mass is 9.95. The lowest BCUT2D eigenvalue weighted by Crippen LogP contribution is -2.31. The van der Waals surface area contributed by atoms with Crippen LogP contribution in [0.4, 0.5) is 0 Å². The van der Waals surface area contributed by atoms with E-state index in [1.54, 1.807) is 36.4 Å². The van der Waals surface area contributed by atoms with Gasteiger partial charge in [0.25, 0.3) is 5.91 Å². The van der Waals surface area contributed by atoms with Crippen molar-refractivity contribution < 1.29 is 19.4 Å². The average Bonchev–Trinajstić information content (AvgIpc) is 2.54. The standard InChI is InChI=1S/C16H16N2O4/c1-22-13-8-4-6-11(14(13)15(19)18-17)9-10-5-2-3-7-12(10)16(20)21/h2-8H,9,17H2,1H3,(H,18,19)(H,20,21). The predicted molar refractivity (Wildman–Crippen MR) is 80.9 cm³/mol. The van der Waals surface area contributed by atoms with Crippen LogP contribution in [0, 0.1) is 0 Å². The third-order valence-corrected chi connectivity index (χ3v) is 3.32. The second-order valence-corrected chi connectivity index (χ2v) is 4.61. The van der Waals surface area contributed by atoms with E-state index in [1.165, 1.54) is 13.2 Å². The highest BCUT2D eigenvalue weighted by Gasteiger charge is 2.18. The number of hydrogen-bond acceptors (Lipinski definition) is 4. The predicted octanol–water partition coefficient (Wildman–Crippen LogP) is 1.59. The number of carbonyl (C=O) groups is 2. The number of benzene rings is 2. The van der Waals surface area contributed by atoms with Crippen molar-refractivity contribution in [1.82, 2.24) is 5.43 Å². The molecule has 0 atom stereocenters. The van der Waals surface area contributed by atoms with Crippen LogP contribution in [0.3, 0.4) is 0 Å². The molecule has 0 aliphatic heterocycles. The topological polar surface area (TPSA) is 102 Å². The van der Waals surface area contributed by atoms with Crippen molar-refractivity contribution in [1.29, 1.82) is 0 Å². The fraction of sp³-hybridized carbons (Fsp3) is 0.125. The van der Waals surface area contributed by atoms with Crippen molar-refractivity contribution in [3.8, 4) is 5.75 Å². The number of nitrogens with one attached hydrogen (secondary N) is 1. The molecule has 0 unspecified atom stereocenters. The molecule has 0 aliphatic carbocycles. The quantitative estimate of drug-likeness (QED) is 0.442. The Morgan fingerprint density at radius 2 is 1.82 bits per heavy atom. The highest BCUT2D eigenvalue weighted by molar-refractivity contribution is 5.98. The molecule has 0 spiro atoms. The van der Waals surface area contributed by atoms with Crippen LogP contribution in [0.15, 0.2) is 42.5 Å². The van der Waals surface area contributed by atoms with Crippen LogP contribution in [0.5, 0.6) is 5.75 Å². The first-order chi connectivity index (χ1) is 10.6. The number of rotatable bonds is 5. The molecule has 0 saturated heterocycles. The Morgan fingerprint density at radius 3 is 2.45 bits per heavy atom. The molecule has 4 N–H and O–H groups in total. The van der Waals surface area contributed by atoms with Gasteiger partial charge in [-0.3, -0.25) is 10.2 Å². The van der Waals surface area contributed by atoms with E-state index in [1.807, 2.05) is 0 Å². The van der Waals surface area contributed by atoms with Crippen LogP contribution < -0.4 is 16.0 Å². The number of nitrogens with two attached hydrogens (primary N) is 1. The summed E-state index contributed by atoms with van der Waals surface area (Å²) in [7, 11) is 1.46. The number of amides is 1. The minimum Gasteiger partial charge on any atom is -0.496 e. The van der Waals surface area contributed by atoms with Gasteiger partial charge in [0.15, 0.2) is 0 Å². The van der Waals surface area contributed by atoms with Crippen LogP contribution in [-0.2, 0) is 6.42 Å². The SMILES string of the molecule is COc1cccc(Cc2ccccc2C(=O)O)c1C(=O)NN. The lowest BCUT2D eigenvalue weighted by molar-refractivity contribution is 0.0695. The van der Waals surface area contributed by atoms with Gasteiger partial charge in [-0.05, 0) is 29.7 Å². The van der Waals surface area contributed by atoms with E-state index in [-0.39, 0.29) is 12.0 Å². The van der Waals surface area contributed by atoms with Crippen LogP contribution in [-0.4, -0.2) is 24.1 Å². The van der Waals surface area contributed by atoms with Crippen LogP contribution in [0.1, 0.15) is 31.8 Å². The molecule has 0 bridgehead atoms. The van der Waals surface area contributed by atoms with E-state index in [0.29, 0.717) is 22.4 Å². The highest BCUT2D eigenvalue weighted by atomic mass is 16.5. The molecule has 2 rings (SSSR count). The molecule has 0 aromatic heterocycles. The van der Waals surface area contributed by atoms with E-state index >= 15 is 0 Å². The maximum atomic E-state index is 12.0. The summed E-state index contributed by atoms with van der Waals surface area (Å²) in [6.07, 6.45) is 0.280. The molecule has 6 nitrogen and oxygen atoms in total. The van der Waals surface area contributed by atoms with Gasteiger partial charge in [0.05, 0.1) is 18.2 Å². The summed E-state index contributed by atoms with van der Waals surface area (Å²) in [4.78, 5) is 23.3. The van der Waals surface area contributed by atoms with Gasteiger partial charge in [-0.25, -0.2) is 10.6 Å². The van der Waals surface area contributed by atoms with Crippen molar-refractivity contribution in [3.05, 3.63) is 64.7 Å². The Bertz CT molecular complexity index is 713. The summed E-state index contributed by atoms with van der Waals surface area (Å²) < 4.78 is 5.19.